The summed E-state index contributed by atoms with van der Waals surface area (Å²) in [5, 5.41) is 30.5. The molecule has 0 spiro atoms. The van der Waals surface area contributed by atoms with Crippen molar-refractivity contribution in [2.45, 2.75) is 9.79 Å². The van der Waals surface area contributed by atoms with Crippen molar-refractivity contribution in [3.63, 3.8) is 0 Å². The first-order valence-electron chi connectivity index (χ1n) is 37.6. The molecule has 0 saturated carbocycles. The van der Waals surface area contributed by atoms with E-state index in [4.69, 9.17) is 0 Å². The molecule has 16 rings (SSSR count). The fourth-order valence-corrected chi connectivity index (χ4v) is 17.0. The molecule has 12 aromatic rings. The number of anilines is 12. The summed E-state index contributed by atoms with van der Waals surface area (Å²) < 4.78 is 83.1. The Morgan fingerprint density at radius 2 is 0.443 bits per heavy atom. The van der Waals surface area contributed by atoms with Crippen molar-refractivity contribution < 1.29 is 85.1 Å². The van der Waals surface area contributed by atoms with Crippen LogP contribution in [0.25, 0.3) is 24.3 Å². The second kappa shape index (κ2) is 43.0. The van der Waals surface area contributed by atoms with E-state index in [2.05, 4.69) is 64.2 Å². The van der Waals surface area contributed by atoms with Gasteiger partial charge in [0.1, 0.15) is 20.2 Å². The largest absolute Gasteiger partial charge is 1.00 e. The van der Waals surface area contributed by atoms with Crippen molar-refractivity contribution in [2.24, 2.45) is 0 Å². The van der Waals surface area contributed by atoms with E-state index in [1.165, 1.54) is 59.9 Å². The number of hydrazine groups is 4. The third-order valence-electron chi connectivity index (χ3n) is 17.6. The first kappa shape index (κ1) is 87.9. The molecule has 22 nitrogen and oxygen atoms in total. The average Bonchev–Trinajstić information content (AvgIpc) is 0.814. The Morgan fingerprint density at radius 1 is 0.238 bits per heavy atom. The third kappa shape index (κ3) is 26.5. The molecule has 30 heteroatoms. The summed E-state index contributed by atoms with van der Waals surface area (Å²) in [4.78, 5) is -0.660. The van der Waals surface area contributed by atoms with Gasteiger partial charge in [-0.15, -0.1) is 0 Å². The SMILES string of the molecule is O=S(=O)([O-])c1cc(NC2=CC(Nc3ccccc3)=CN(Nc3ccccc3)S2)ccc1C=Cc1ccc(NC2=CC(Nc3ccccc3)=CN(Nc3ccccc3)S2)cc1.O=S(=O)([O-])c1cc(NC2=CC(Nc3ccccc3)=CN(Nc3ccccc3)S2)ccc1C=Cc1ccc(NC2=CC(Nc3ccccc3)=CN(Nc3ccccc3)S2)cc1.[Na+].[Na+]. The van der Waals surface area contributed by atoms with Crippen molar-refractivity contribution >= 4 is 161 Å². The summed E-state index contributed by atoms with van der Waals surface area (Å²) >= 11 is 5.73. The van der Waals surface area contributed by atoms with Crippen LogP contribution >= 0.6 is 47.8 Å². The van der Waals surface area contributed by atoms with Gasteiger partial charge in [0.2, 0.25) is 0 Å². The number of hydrogen-bond acceptors (Lipinski definition) is 26. The van der Waals surface area contributed by atoms with E-state index in [9.17, 15) is 25.9 Å². The van der Waals surface area contributed by atoms with Crippen molar-refractivity contribution in [1.82, 2.24) is 17.7 Å². The topological polar surface area (TPSA) is 272 Å². The van der Waals surface area contributed by atoms with Gasteiger partial charge in [-0.1, -0.05) is 206 Å². The number of benzene rings is 12. The standard InChI is InChI=1S/2C46H40N8O3S3.2Na/c2*55-60(56,57)44-29-41(50-46-31-43(48-37-15-7-2-8-16-37)33-54(59-46)52-40-19-11-4-12-20-40)28-25-35(44)24-21-34-22-26-38(27-23-34)49-45-30-42(47-36-13-5-1-6-14-36)32-53(58-45)51-39-17-9-3-10-18-39;;/h2*1-33,47-52H,(H,55,56,57);;/q;;2*+1/p-2. The first-order chi connectivity index (χ1) is 58.5. The molecule has 4 heterocycles. The van der Waals surface area contributed by atoms with Gasteiger partial charge in [0, 0.05) is 93.3 Å². The van der Waals surface area contributed by atoms with Crippen LogP contribution in [0.5, 0.6) is 0 Å². The van der Waals surface area contributed by atoms with Gasteiger partial charge in [-0.2, -0.15) is 0 Å². The molecule has 0 radical (unpaired) electrons. The van der Waals surface area contributed by atoms with E-state index >= 15 is 0 Å². The van der Waals surface area contributed by atoms with E-state index in [0.29, 0.717) is 21.4 Å². The minimum atomic E-state index is -4.83. The van der Waals surface area contributed by atoms with Crippen LogP contribution in [-0.2, 0) is 20.2 Å². The van der Waals surface area contributed by atoms with Crippen molar-refractivity contribution in [2.75, 3.05) is 64.2 Å². The molecule has 0 saturated heterocycles. The number of rotatable bonds is 30. The van der Waals surface area contributed by atoms with Gasteiger partial charge < -0.3 is 51.6 Å². The van der Waals surface area contributed by atoms with Crippen LogP contribution < -0.4 is 123 Å². The summed E-state index contributed by atoms with van der Waals surface area (Å²) in [5.74, 6) is 0. The molecule has 0 amide bonds. The van der Waals surface area contributed by atoms with Gasteiger partial charge in [-0.05, 0) is 192 Å². The molecule has 0 aliphatic carbocycles. The van der Waals surface area contributed by atoms with Gasteiger partial charge >= 0.3 is 59.1 Å². The Labute approximate surface area is 771 Å². The van der Waals surface area contributed by atoms with Crippen LogP contribution in [0.2, 0.25) is 0 Å². The summed E-state index contributed by atoms with van der Waals surface area (Å²) in [5.41, 5.74) is 29.1. The molecule has 0 aromatic heterocycles. The Hall–Kier alpha value is -11.9. The Balaban J connectivity index is 0.000000207. The number of allylic oxidation sites excluding steroid dienone is 4. The van der Waals surface area contributed by atoms with Crippen LogP contribution in [-0.4, -0.2) is 43.6 Å². The average molecular weight is 1740 g/mol. The van der Waals surface area contributed by atoms with E-state index in [1.54, 1.807) is 48.6 Å². The molecule has 600 valence electrons. The molecule has 4 aliphatic rings. The van der Waals surface area contributed by atoms with Gasteiger partial charge in [0.05, 0.1) is 100 Å². The fraction of sp³-hybridized carbons (Fsp3) is 0. The zero-order valence-corrected chi connectivity index (χ0v) is 74.7. The summed E-state index contributed by atoms with van der Waals surface area (Å²) in [7, 11) is -9.66. The normalized spacial score (nSPS) is 13.8. The molecule has 122 heavy (non-hydrogen) atoms. The smallest absolute Gasteiger partial charge is 0.744 e. The summed E-state index contributed by atoms with van der Waals surface area (Å²) in [6, 6.07) is 104. The van der Waals surface area contributed by atoms with Gasteiger partial charge in [-0.3, -0.25) is 21.7 Å². The number of para-hydroxylation sites is 8. The van der Waals surface area contributed by atoms with Crippen molar-refractivity contribution in [1.29, 1.82) is 0 Å². The Morgan fingerprint density at radius 3 is 0.672 bits per heavy atom. The predicted octanol–water partition coefficient (Wildman–Crippen LogP) is 16.3. The van der Waals surface area contributed by atoms with Gasteiger partial charge in [0.25, 0.3) is 0 Å². The van der Waals surface area contributed by atoms with E-state index in [0.717, 1.165) is 101 Å². The van der Waals surface area contributed by atoms with E-state index < -0.39 is 20.2 Å². The number of nitrogens with one attached hydrogen (secondary N) is 12. The molecule has 0 fully saturated rings. The van der Waals surface area contributed by atoms with E-state index in [-0.39, 0.29) is 80.0 Å². The molecule has 0 atom stereocenters. The minimum absolute atomic E-state index is 0. The van der Waals surface area contributed by atoms with Crippen LogP contribution in [0.15, 0.2) is 429 Å². The summed E-state index contributed by atoms with van der Waals surface area (Å²) in [6.45, 7) is 0. The molecule has 12 N–H and O–H groups in total. The fourth-order valence-electron chi connectivity index (χ4n) is 12.1. The number of hydrogen-bond donors (Lipinski definition) is 12. The maximum atomic E-state index is 12.6. The molecule has 4 aliphatic heterocycles. The summed E-state index contributed by atoms with van der Waals surface area (Å²) in [6.07, 6.45) is 22.6. The Bertz CT molecular complexity index is 5750. The maximum Gasteiger partial charge on any atom is 1.00 e. The van der Waals surface area contributed by atoms with Crippen molar-refractivity contribution in [3.05, 3.63) is 442 Å². The first-order valence-corrected chi connectivity index (χ1v) is 43.5. The molecule has 0 bridgehead atoms. The maximum absolute atomic E-state index is 12.6. The zero-order chi connectivity index (χ0) is 82.3. The van der Waals surface area contributed by atoms with Gasteiger partial charge in [0.15, 0.2) is 0 Å². The zero-order valence-electron chi connectivity index (χ0n) is 65.8. The van der Waals surface area contributed by atoms with Gasteiger partial charge in [-0.25, -0.2) is 34.5 Å². The third-order valence-corrected chi connectivity index (χ3v) is 22.7. The molecular formula is C92H78N16Na2O6S6. The quantitative estimate of drug-likeness (QED) is 0.00863. The second-order valence-corrected chi connectivity index (χ2v) is 33.5. The van der Waals surface area contributed by atoms with Crippen molar-refractivity contribution in [3.8, 4) is 0 Å². The Kier molecular flexibility index (Phi) is 31.0. The van der Waals surface area contributed by atoms with Crippen LogP contribution in [0, 0.1) is 0 Å². The minimum Gasteiger partial charge on any atom is -0.744 e. The van der Waals surface area contributed by atoms with Crippen LogP contribution in [0.1, 0.15) is 22.3 Å². The second-order valence-electron chi connectivity index (χ2n) is 26.7. The molecular weight excluding hydrogens is 1660 g/mol. The van der Waals surface area contributed by atoms with Crippen LogP contribution in [0.4, 0.5) is 68.2 Å². The monoisotopic (exact) mass is 1740 g/mol. The molecule has 0 unspecified atom stereocenters. The van der Waals surface area contributed by atoms with Crippen LogP contribution in [0.3, 0.4) is 0 Å². The predicted molar refractivity (Wildman–Crippen MR) is 497 cm³/mol. The van der Waals surface area contributed by atoms with E-state index in [1.807, 2.05) is 358 Å². The number of nitrogens with zero attached hydrogens (tertiary/aromatic N) is 4. The molecule has 12 aromatic carbocycles.